The summed E-state index contributed by atoms with van der Waals surface area (Å²) in [5.74, 6) is 0.745. The van der Waals surface area contributed by atoms with Gasteiger partial charge >= 0.3 is 0 Å². The molecule has 6 nitrogen and oxygen atoms in total. The van der Waals surface area contributed by atoms with Gasteiger partial charge in [-0.05, 0) is 44.0 Å². The molecule has 0 saturated carbocycles. The van der Waals surface area contributed by atoms with E-state index in [0.29, 0.717) is 31.3 Å². The smallest absolute Gasteiger partial charge is 0.229 e. The Kier molecular flexibility index (Phi) is 4.71. The molecule has 146 valence electrons. The Morgan fingerprint density at radius 2 is 1.71 bits per heavy atom. The van der Waals surface area contributed by atoms with Crippen LogP contribution in [0, 0.1) is 26.7 Å². The van der Waals surface area contributed by atoms with Crippen LogP contribution in [0.4, 0.5) is 11.4 Å². The number of amides is 2. The summed E-state index contributed by atoms with van der Waals surface area (Å²) in [6, 6.07) is 9.54. The van der Waals surface area contributed by atoms with Gasteiger partial charge in [-0.2, -0.15) is 0 Å². The topological polar surface area (TPSA) is 67.9 Å². The number of ether oxygens (including phenoxy) is 2. The van der Waals surface area contributed by atoms with Crippen LogP contribution in [0.5, 0.6) is 11.5 Å². The van der Waals surface area contributed by atoms with Crippen molar-refractivity contribution < 1.29 is 19.1 Å². The molecule has 0 bridgehead atoms. The average Bonchev–Trinajstić information content (AvgIpc) is 3.06. The third-order valence-corrected chi connectivity index (χ3v) is 5.26. The Hall–Kier alpha value is -3.02. The molecular weight excluding hydrogens is 356 g/mol. The zero-order valence-corrected chi connectivity index (χ0v) is 16.4. The molecular formula is C22H24N2O4. The number of carbonyl (C=O) groups is 2. The largest absolute Gasteiger partial charge is 0.486 e. The Balaban J connectivity index is 1.50. The molecule has 0 aliphatic carbocycles. The number of hydrogen-bond donors (Lipinski definition) is 1. The van der Waals surface area contributed by atoms with Crippen LogP contribution < -0.4 is 19.7 Å². The molecule has 4 rings (SSSR count). The Labute approximate surface area is 164 Å². The number of nitrogens with one attached hydrogen (secondary N) is 1. The predicted octanol–water partition coefficient (Wildman–Crippen LogP) is 3.37. The van der Waals surface area contributed by atoms with Gasteiger partial charge in [-0.15, -0.1) is 0 Å². The molecule has 0 aromatic heterocycles. The summed E-state index contributed by atoms with van der Waals surface area (Å²) in [6.45, 7) is 7.37. The zero-order valence-electron chi connectivity index (χ0n) is 16.4. The summed E-state index contributed by atoms with van der Waals surface area (Å²) in [4.78, 5) is 27.0. The summed E-state index contributed by atoms with van der Waals surface area (Å²) in [7, 11) is 0. The van der Waals surface area contributed by atoms with Crippen molar-refractivity contribution in [1.82, 2.24) is 0 Å². The Morgan fingerprint density at radius 3 is 2.43 bits per heavy atom. The van der Waals surface area contributed by atoms with Gasteiger partial charge in [0, 0.05) is 30.4 Å². The highest BCUT2D eigenvalue weighted by Crippen LogP contribution is 2.36. The van der Waals surface area contributed by atoms with E-state index in [-0.39, 0.29) is 24.2 Å². The summed E-state index contributed by atoms with van der Waals surface area (Å²) < 4.78 is 11.1. The monoisotopic (exact) mass is 380 g/mol. The molecule has 2 amide bonds. The van der Waals surface area contributed by atoms with Gasteiger partial charge in [0.05, 0.1) is 5.92 Å². The standard InChI is InChI=1S/C22H24N2O4/c1-13-8-14(2)21(15(3)9-13)23-22(26)16-10-20(25)24(12-16)17-4-5-18-19(11-17)28-7-6-27-18/h4-5,8-9,11,16H,6-7,10,12H2,1-3H3,(H,23,26)/t16-/m1/s1. The molecule has 2 aliphatic heterocycles. The fourth-order valence-corrected chi connectivity index (χ4v) is 3.94. The van der Waals surface area contributed by atoms with Crippen LogP contribution in [0.15, 0.2) is 30.3 Å². The lowest BCUT2D eigenvalue weighted by atomic mass is 10.0. The molecule has 1 atom stereocenters. The van der Waals surface area contributed by atoms with Gasteiger partial charge in [0.15, 0.2) is 11.5 Å². The molecule has 28 heavy (non-hydrogen) atoms. The number of rotatable bonds is 3. The predicted molar refractivity (Wildman–Crippen MR) is 107 cm³/mol. The quantitative estimate of drug-likeness (QED) is 0.886. The molecule has 6 heteroatoms. The summed E-state index contributed by atoms with van der Waals surface area (Å²) in [5, 5.41) is 3.03. The number of carbonyl (C=O) groups excluding carboxylic acids is 2. The lowest BCUT2D eigenvalue weighted by Crippen LogP contribution is -2.28. The van der Waals surface area contributed by atoms with Crippen LogP contribution in [-0.2, 0) is 9.59 Å². The highest BCUT2D eigenvalue weighted by molar-refractivity contribution is 6.04. The van der Waals surface area contributed by atoms with Crippen molar-refractivity contribution in [2.24, 2.45) is 5.92 Å². The maximum Gasteiger partial charge on any atom is 0.229 e. The van der Waals surface area contributed by atoms with Crippen LogP contribution in [0.3, 0.4) is 0 Å². The number of anilines is 2. The molecule has 2 heterocycles. The van der Waals surface area contributed by atoms with E-state index in [1.807, 2.05) is 45.0 Å². The average molecular weight is 380 g/mol. The van der Waals surface area contributed by atoms with E-state index in [4.69, 9.17) is 9.47 Å². The maximum absolute atomic E-state index is 12.8. The lowest BCUT2D eigenvalue weighted by Gasteiger charge is -2.22. The van der Waals surface area contributed by atoms with E-state index < -0.39 is 0 Å². The molecule has 1 saturated heterocycles. The molecule has 2 aliphatic rings. The Bertz CT molecular complexity index is 931. The van der Waals surface area contributed by atoms with E-state index in [1.54, 1.807) is 11.0 Å². The first kappa shape index (κ1) is 18.3. The van der Waals surface area contributed by atoms with E-state index in [2.05, 4.69) is 5.32 Å². The first-order valence-electron chi connectivity index (χ1n) is 9.51. The van der Waals surface area contributed by atoms with Crippen molar-refractivity contribution in [2.45, 2.75) is 27.2 Å². The normalized spacial score (nSPS) is 18.3. The fourth-order valence-electron chi connectivity index (χ4n) is 3.94. The molecule has 1 N–H and O–H groups in total. The Morgan fingerprint density at radius 1 is 1.04 bits per heavy atom. The summed E-state index contributed by atoms with van der Waals surface area (Å²) in [6.07, 6.45) is 0.199. The van der Waals surface area contributed by atoms with Crippen LogP contribution >= 0.6 is 0 Å². The van der Waals surface area contributed by atoms with Crippen molar-refractivity contribution in [2.75, 3.05) is 30.0 Å². The van der Waals surface area contributed by atoms with E-state index in [0.717, 1.165) is 28.1 Å². The first-order chi connectivity index (χ1) is 13.4. The number of fused-ring (bicyclic) bond motifs is 1. The van der Waals surface area contributed by atoms with Crippen molar-refractivity contribution >= 4 is 23.2 Å². The van der Waals surface area contributed by atoms with Gasteiger partial charge in [-0.1, -0.05) is 17.7 Å². The number of aryl methyl sites for hydroxylation is 3. The number of benzene rings is 2. The van der Waals surface area contributed by atoms with Gasteiger partial charge < -0.3 is 19.7 Å². The van der Waals surface area contributed by atoms with Crippen molar-refractivity contribution in [3.05, 3.63) is 47.0 Å². The van der Waals surface area contributed by atoms with Crippen LogP contribution in [0.1, 0.15) is 23.1 Å². The zero-order chi connectivity index (χ0) is 19.8. The van der Waals surface area contributed by atoms with E-state index in [1.165, 1.54) is 0 Å². The van der Waals surface area contributed by atoms with Crippen LogP contribution in [-0.4, -0.2) is 31.6 Å². The molecule has 2 aromatic rings. The molecule has 2 aromatic carbocycles. The van der Waals surface area contributed by atoms with Gasteiger partial charge in [0.2, 0.25) is 11.8 Å². The van der Waals surface area contributed by atoms with Crippen molar-refractivity contribution in [1.29, 1.82) is 0 Å². The second-order valence-corrected chi connectivity index (χ2v) is 7.50. The van der Waals surface area contributed by atoms with Crippen LogP contribution in [0.2, 0.25) is 0 Å². The van der Waals surface area contributed by atoms with Gasteiger partial charge in [0.1, 0.15) is 13.2 Å². The molecule has 0 spiro atoms. The molecule has 0 radical (unpaired) electrons. The van der Waals surface area contributed by atoms with Gasteiger partial charge in [-0.3, -0.25) is 9.59 Å². The van der Waals surface area contributed by atoms with Crippen LogP contribution in [0.25, 0.3) is 0 Å². The van der Waals surface area contributed by atoms with E-state index in [9.17, 15) is 9.59 Å². The van der Waals surface area contributed by atoms with E-state index >= 15 is 0 Å². The minimum absolute atomic E-state index is 0.0609. The SMILES string of the molecule is Cc1cc(C)c(NC(=O)[C@@H]2CC(=O)N(c3ccc4c(c3)OCCO4)C2)c(C)c1. The minimum atomic E-state index is -0.388. The second kappa shape index (κ2) is 7.19. The third kappa shape index (κ3) is 3.42. The van der Waals surface area contributed by atoms with Crippen molar-refractivity contribution in [3.63, 3.8) is 0 Å². The molecule has 0 unspecified atom stereocenters. The number of nitrogens with zero attached hydrogens (tertiary/aromatic N) is 1. The molecule has 1 fully saturated rings. The summed E-state index contributed by atoms with van der Waals surface area (Å²) in [5.41, 5.74) is 4.78. The fraction of sp³-hybridized carbons (Fsp3) is 0.364. The minimum Gasteiger partial charge on any atom is -0.486 e. The maximum atomic E-state index is 12.8. The highest BCUT2D eigenvalue weighted by Gasteiger charge is 2.36. The van der Waals surface area contributed by atoms with Gasteiger partial charge in [0.25, 0.3) is 0 Å². The highest BCUT2D eigenvalue weighted by atomic mass is 16.6. The number of hydrogen-bond acceptors (Lipinski definition) is 4. The summed E-state index contributed by atoms with van der Waals surface area (Å²) >= 11 is 0. The van der Waals surface area contributed by atoms with Gasteiger partial charge in [-0.25, -0.2) is 0 Å². The van der Waals surface area contributed by atoms with Crippen molar-refractivity contribution in [3.8, 4) is 11.5 Å². The lowest BCUT2D eigenvalue weighted by molar-refractivity contribution is -0.122. The first-order valence-corrected chi connectivity index (χ1v) is 9.51. The second-order valence-electron chi connectivity index (χ2n) is 7.50. The third-order valence-electron chi connectivity index (χ3n) is 5.26.